The number of hydrogen-bond donors (Lipinski definition) is 1. The summed E-state index contributed by atoms with van der Waals surface area (Å²) < 4.78 is 0. The van der Waals surface area contributed by atoms with Gasteiger partial charge in [0.05, 0.1) is 0 Å². The van der Waals surface area contributed by atoms with Crippen LogP contribution in [0.25, 0.3) is 0 Å². The van der Waals surface area contributed by atoms with Crippen LogP contribution in [0.15, 0.2) is 0 Å². The van der Waals surface area contributed by atoms with Crippen LogP contribution in [-0.2, 0) is 9.59 Å². The number of hydrogen-bond acceptors (Lipinski definition) is 2. The first-order valence-electron chi connectivity index (χ1n) is 4.13. The van der Waals surface area contributed by atoms with Crippen LogP contribution in [0, 0.1) is 11.3 Å². The van der Waals surface area contributed by atoms with E-state index in [1.54, 1.807) is 13.8 Å². The molecule has 0 aromatic rings. The number of carbonyl (C=O) groups is 2. The van der Waals surface area contributed by atoms with Crippen molar-refractivity contribution >= 4 is 12.2 Å². The molecular weight excluding hydrogens is 154 g/mol. The Balaban J connectivity index is 3.83. The quantitative estimate of drug-likeness (QED) is 0.641. The molecule has 12 heavy (non-hydrogen) atoms. The standard InChI is InChI=1S/C9H17NO2/c1-7(2)8(12)10-5-9(3,4)6-11/h6-7H,5H2,1-4H3,(H,10,12). The summed E-state index contributed by atoms with van der Waals surface area (Å²) in [6.07, 6.45) is 0.855. The van der Waals surface area contributed by atoms with E-state index in [-0.39, 0.29) is 11.8 Å². The van der Waals surface area contributed by atoms with Crippen molar-refractivity contribution in [3.05, 3.63) is 0 Å². The molecule has 0 aromatic carbocycles. The van der Waals surface area contributed by atoms with Crippen molar-refractivity contribution < 1.29 is 9.59 Å². The van der Waals surface area contributed by atoms with Crippen molar-refractivity contribution in [1.29, 1.82) is 0 Å². The van der Waals surface area contributed by atoms with E-state index in [9.17, 15) is 9.59 Å². The summed E-state index contributed by atoms with van der Waals surface area (Å²) in [5, 5.41) is 2.70. The normalized spacial score (nSPS) is 11.4. The van der Waals surface area contributed by atoms with Crippen LogP contribution in [0.5, 0.6) is 0 Å². The molecule has 0 spiro atoms. The largest absolute Gasteiger partial charge is 0.355 e. The summed E-state index contributed by atoms with van der Waals surface area (Å²) in [5.41, 5.74) is -0.454. The summed E-state index contributed by atoms with van der Waals surface area (Å²) in [6.45, 7) is 7.64. The van der Waals surface area contributed by atoms with Gasteiger partial charge in [0.25, 0.3) is 0 Å². The highest BCUT2D eigenvalue weighted by atomic mass is 16.2. The minimum atomic E-state index is -0.454. The van der Waals surface area contributed by atoms with E-state index in [1.165, 1.54) is 0 Å². The van der Waals surface area contributed by atoms with Crippen molar-refractivity contribution in [2.24, 2.45) is 11.3 Å². The molecule has 1 N–H and O–H groups in total. The highest BCUT2D eigenvalue weighted by Gasteiger charge is 2.18. The average Bonchev–Trinajstić information content (AvgIpc) is 2.00. The lowest BCUT2D eigenvalue weighted by Crippen LogP contribution is -2.36. The second-order valence-corrected chi connectivity index (χ2v) is 3.98. The minimum Gasteiger partial charge on any atom is -0.355 e. The molecule has 0 aromatic heterocycles. The molecule has 0 saturated carbocycles. The van der Waals surface area contributed by atoms with Gasteiger partial charge in [-0.2, -0.15) is 0 Å². The topological polar surface area (TPSA) is 46.2 Å². The number of nitrogens with one attached hydrogen (secondary N) is 1. The van der Waals surface area contributed by atoms with Gasteiger partial charge < -0.3 is 10.1 Å². The van der Waals surface area contributed by atoms with Crippen LogP contribution < -0.4 is 5.32 Å². The van der Waals surface area contributed by atoms with Gasteiger partial charge in [-0.15, -0.1) is 0 Å². The highest BCUT2D eigenvalue weighted by Crippen LogP contribution is 2.08. The molecule has 3 heteroatoms. The molecule has 0 aliphatic heterocycles. The van der Waals surface area contributed by atoms with E-state index in [1.807, 2.05) is 13.8 Å². The van der Waals surface area contributed by atoms with E-state index in [0.29, 0.717) is 6.54 Å². The second kappa shape index (κ2) is 4.24. The Morgan fingerprint density at radius 3 is 2.33 bits per heavy atom. The van der Waals surface area contributed by atoms with Gasteiger partial charge >= 0.3 is 0 Å². The van der Waals surface area contributed by atoms with Gasteiger partial charge in [-0.3, -0.25) is 4.79 Å². The lowest BCUT2D eigenvalue weighted by molar-refractivity contribution is -0.124. The highest BCUT2D eigenvalue weighted by molar-refractivity contribution is 5.78. The number of amides is 1. The lowest BCUT2D eigenvalue weighted by atomic mass is 9.96. The fraction of sp³-hybridized carbons (Fsp3) is 0.778. The van der Waals surface area contributed by atoms with Gasteiger partial charge in [0.15, 0.2) is 0 Å². The molecule has 70 valence electrons. The van der Waals surface area contributed by atoms with Crippen LogP contribution >= 0.6 is 0 Å². The summed E-state index contributed by atoms with van der Waals surface area (Å²) in [5.74, 6) is -0.0302. The number of rotatable bonds is 4. The maximum absolute atomic E-state index is 11.1. The molecule has 0 rings (SSSR count). The first-order chi connectivity index (χ1) is 5.39. The molecule has 0 aliphatic rings. The Hall–Kier alpha value is -0.860. The van der Waals surface area contributed by atoms with E-state index >= 15 is 0 Å². The molecule has 0 radical (unpaired) electrons. The van der Waals surface area contributed by atoms with Gasteiger partial charge in [0.1, 0.15) is 6.29 Å². The van der Waals surface area contributed by atoms with Gasteiger partial charge in [-0.25, -0.2) is 0 Å². The zero-order chi connectivity index (χ0) is 9.78. The van der Waals surface area contributed by atoms with Gasteiger partial charge in [-0.1, -0.05) is 27.7 Å². The van der Waals surface area contributed by atoms with Crippen LogP contribution in [0.3, 0.4) is 0 Å². The van der Waals surface area contributed by atoms with Crippen molar-refractivity contribution in [3.8, 4) is 0 Å². The summed E-state index contributed by atoms with van der Waals surface area (Å²) in [6, 6.07) is 0. The van der Waals surface area contributed by atoms with Gasteiger partial charge in [-0.05, 0) is 0 Å². The summed E-state index contributed by atoms with van der Waals surface area (Å²) in [7, 11) is 0. The van der Waals surface area contributed by atoms with Crippen LogP contribution in [0.1, 0.15) is 27.7 Å². The Kier molecular flexibility index (Phi) is 3.93. The zero-order valence-corrected chi connectivity index (χ0v) is 8.18. The van der Waals surface area contributed by atoms with E-state index in [4.69, 9.17) is 0 Å². The van der Waals surface area contributed by atoms with Crippen LogP contribution in [0.4, 0.5) is 0 Å². The Bertz CT molecular complexity index is 173. The van der Waals surface area contributed by atoms with Crippen molar-refractivity contribution in [1.82, 2.24) is 5.32 Å². The smallest absolute Gasteiger partial charge is 0.222 e. The van der Waals surface area contributed by atoms with Crippen molar-refractivity contribution in [3.63, 3.8) is 0 Å². The fourth-order valence-corrected chi connectivity index (χ4v) is 0.561. The van der Waals surface area contributed by atoms with E-state index in [0.717, 1.165) is 6.29 Å². The fourth-order valence-electron chi connectivity index (χ4n) is 0.561. The first-order valence-corrected chi connectivity index (χ1v) is 4.13. The maximum Gasteiger partial charge on any atom is 0.222 e. The Morgan fingerprint density at radius 2 is 2.00 bits per heavy atom. The molecule has 0 heterocycles. The maximum atomic E-state index is 11.1. The third-order valence-corrected chi connectivity index (χ3v) is 1.56. The van der Waals surface area contributed by atoms with E-state index < -0.39 is 5.41 Å². The van der Waals surface area contributed by atoms with E-state index in [2.05, 4.69) is 5.32 Å². The molecular formula is C9H17NO2. The molecule has 0 saturated heterocycles. The molecule has 0 atom stereocenters. The predicted octanol–water partition coefficient (Wildman–Crippen LogP) is 0.984. The van der Waals surface area contributed by atoms with Crippen LogP contribution in [0.2, 0.25) is 0 Å². The predicted molar refractivity (Wildman–Crippen MR) is 47.7 cm³/mol. The molecule has 0 unspecified atom stereocenters. The molecule has 0 aliphatic carbocycles. The monoisotopic (exact) mass is 171 g/mol. The number of aldehydes is 1. The first kappa shape index (κ1) is 11.1. The third-order valence-electron chi connectivity index (χ3n) is 1.56. The molecule has 0 bridgehead atoms. The third kappa shape index (κ3) is 4.11. The average molecular weight is 171 g/mol. The Morgan fingerprint density at radius 1 is 1.50 bits per heavy atom. The van der Waals surface area contributed by atoms with Gasteiger partial charge in [0, 0.05) is 17.9 Å². The van der Waals surface area contributed by atoms with Crippen molar-refractivity contribution in [2.75, 3.05) is 6.54 Å². The molecule has 3 nitrogen and oxygen atoms in total. The van der Waals surface area contributed by atoms with Crippen LogP contribution in [-0.4, -0.2) is 18.7 Å². The second-order valence-electron chi connectivity index (χ2n) is 3.98. The summed E-state index contributed by atoms with van der Waals surface area (Å²) in [4.78, 5) is 21.5. The summed E-state index contributed by atoms with van der Waals surface area (Å²) >= 11 is 0. The lowest BCUT2D eigenvalue weighted by Gasteiger charge is -2.18. The van der Waals surface area contributed by atoms with Gasteiger partial charge in [0.2, 0.25) is 5.91 Å². The minimum absolute atomic E-state index is 0.00933. The molecule has 0 fully saturated rings. The Labute approximate surface area is 73.5 Å². The SMILES string of the molecule is CC(C)C(=O)NCC(C)(C)C=O. The molecule has 1 amide bonds. The number of carbonyl (C=O) groups excluding carboxylic acids is 2. The van der Waals surface area contributed by atoms with Crippen molar-refractivity contribution in [2.45, 2.75) is 27.7 Å². The zero-order valence-electron chi connectivity index (χ0n) is 8.18.